The van der Waals surface area contributed by atoms with Crippen LogP contribution in [-0.4, -0.2) is 23.6 Å². The minimum atomic E-state index is 0.543. The zero-order valence-electron chi connectivity index (χ0n) is 12.3. The van der Waals surface area contributed by atoms with E-state index in [1.807, 2.05) is 0 Å². The molecule has 0 atom stereocenters. The number of fused-ring (bicyclic) bond motifs is 1. The summed E-state index contributed by atoms with van der Waals surface area (Å²) in [6.07, 6.45) is 3.16. The first-order chi connectivity index (χ1) is 9.66. The summed E-state index contributed by atoms with van der Waals surface area (Å²) in [6, 6.07) is 10.6. The number of benzene rings is 1. The van der Waals surface area contributed by atoms with Crippen LogP contribution in [0.5, 0.6) is 0 Å². The molecule has 1 aromatic carbocycles. The molecule has 3 N–H and O–H groups in total. The number of hydrogen-bond acceptors (Lipinski definition) is 1. The van der Waals surface area contributed by atoms with Gasteiger partial charge in [-0.2, -0.15) is 0 Å². The summed E-state index contributed by atoms with van der Waals surface area (Å²) in [5.74, 6) is 1.10. The van der Waals surface area contributed by atoms with E-state index in [4.69, 9.17) is 5.73 Å². The van der Waals surface area contributed by atoms with Gasteiger partial charge >= 0.3 is 0 Å². The molecule has 0 saturated heterocycles. The van der Waals surface area contributed by atoms with Crippen molar-refractivity contribution >= 4 is 16.9 Å². The fraction of sp³-hybridized carbons (Fsp3) is 0.438. The first-order valence-corrected chi connectivity index (χ1v) is 7.24. The Hall–Kier alpha value is -1.97. The SMILES string of the molecule is CC(C)CN=C(N)NCCCn1ccc2ccccc21. The van der Waals surface area contributed by atoms with Gasteiger partial charge in [0.25, 0.3) is 0 Å². The van der Waals surface area contributed by atoms with Gasteiger partial charge in [-0.05, 0) is 29.9 Å². The fourth-order valence-corrected chi connectivity index (χ4v) is 2.14. The predicted octanol–water partition coefficient (Wildman–Crippen LogP) is 2.59. The van der Waals surface area contributed by atoms with Gasteiger partial charge < -0.3 is 15.6 Å². The number of nitrogens with two attached hydrogens (primary N) is 1. The Kier molecular flexibility index (Phi) is 5.04. The van der Waals surface area contributed by atoms with Crippen LogP contribution >= 0.6 is 0 Å². The van der Waals surface area contributed by atoms with E-state index < -0.39 is 0 Å². The maximum Gasteiger partial charge on any atom is 0.188 e. The monoisotopic (exact) mass is 272 g/mol. The normalized spacial score (nSPS) is 12.2. The van der Waals surface area contributed by atoms with E-state index in [2.05, 4.69) is 65.3 Å². The average Bonchev–Trinajstić information content (AvgIpc) is 2.85. The standard InChI is InChI=1S/C16H24N4/c1-13(2)12-19-16(17)18-9-5-10-20-11-8-14-6-3-4-7-15(14)20/h3-4,6-8,11,13H,5,9-10,12H2,1-2H3,(H3,17,18,19). The van der Waals surface area contributed by atoms with Crippen LogP contribution in [0.4, 0.5) is 0 Å². The molecule has 20 heavy (non-hydrogen) atoms. The lowest BCUT2D eigenvalue weighted by atomic mass is 10.2. The molecule has 1 heterocycles. The fourth-order valence-electron chi connectivity index (χ4n) is 2.14. The molecular weight excluding hydrogens is 248 g/mol. The van der Waals surface area contributed by atoms with Crippen LogP contribution in [0, 0.1) is 5.92 Å². The Morgan fingerprint density at radius 2 is 2.10 bits per heavy atom. The van der Waals surface area contributed by atoms with E-state index in [0.29, 0.717) is 11.9 Å². The second kappa shape index (κ2) is 6.98. The molecule has 4 nitrogen and oxygen atoms in total. The van der Waals surface area contributed by atoms with Crippen LogP contribution in [0.25, 0.3) is 10.9 Å². The summed E-state index contributed by atoms with van der Waals surface area (Å²) >= 11 is 0. The van der Waals surface area contributed by atoms with Crippen LogP contribution < -0.4 is 11.1 Å². The average molecular weight is 272 g/mol. The third kappa shape index (κ3) is 4.02. The van der Waals surface area contributed by atoms with Gasteiger partial charge in [-0.25, -0.2) is 0 Å². The van der Waals surface area contributed by atoms with Crippen LogP contribution in [0.1, 0.15) is 20.3 Å². The summed E-state index contributed by atoms with van der Waals surface area (Å²) in [7, 11) is 0. The number of rotatable bonds is 6. The summed E-state index contributed by atoms with van der Waals surface area (Å²) in [4.78, 5) is 4.28. The van der Waals surface area contributed by atoms with Crippen molar-refractivity contribution in [2.45, 2.75) is 26.8 Å². The van der Waals surface area contributed by atoms with Crippen LogP contribution in [-0.2, 0) is 6.54 Å². The van der Waals surface area contributed by atoms with Gasteiger partial charge in [0.05, 0.1) is 0 Å². The maximum atomic E-state index is 5.80. The second-order valence-electron chi connectivity index (χ2n) is 5.47. The van der Waals surface area contributed by atoms with E-state index >= 15 is 0 Å². The molecule has 2 rings (SSSR count). The van der Waals surface area contributed by atoms with Crippen molar-refractivity contribution in [2.24, 2.45) is 16.6 Å². The Bertz CT molecular complexity index is 569. The lowest BCUT2D eigenvalue weighted by Gasteiger charge is -2.08. The number of hydrogen-bond donors (Lipinski definition) is 2. The van der Waals surface area contributed by atoms with Crippen LogP contribution in [0.2, 0.25) is 0 Å². The molecule has 0 spiro atoms. The largest absolute Gasteiger partial charge is 0.370 e. The molecule has 0 aliphatic carbocycles. The van der Waals surface area contributed by atoms with Gasteiger partial charge in [0.2, 0.25) is 0 Å². The highest BCUT2D eigenvalue weighted by molar-refractivity contribution is 5.80. The molecule has 0 radical (unpaired) electrons. The Labute approximate surface area is 120 Å². The van der Waals surface area contributed by atoms with Crippen molar-refractivity contribution in [1.29, 1.82) is 0 Å². The highest BCUT2D eigenvalue weighted by Crippen LogP contribution is 2.15. The van der Waals surface area contributed by atoms with Crippen molar-refractivity contribution in [3.05, 3.63) is 36.5 Å². The van der Waals surface area contributed by atoms with Gasteiger partial charge in [0.15, 0.2) is 5.96 Å². The minimum Gasteiger partial charge on any atom is -0.370 e. The Morgan fingerprint density at radius 1 is 1.30 bits per heavy atom. The quantitative estimate of drug-likeness (QED) is 0.482. The van der Waals surface area contributed by atoms with Crippen LogP contribution in [0.3, 0.4) is 0 Å². The first-order valence-electron chi connectivity index (χ1n) is 7.24. The molecule has 0 fully saturated rings. The molecule has 0 aliphatic heterocycles. The first kappa shape index (κ1) is 14.4. The second-order valence-corrected chi connectivity index (χ2v) is 5.47. The summed E-state index contributed by atoms with van der Waals surface area (Å²) in [6.45, 7) is 6.88. The van der Waals surface area contributed by atoms with Gasteiger partial charge in [0, 0.05) is 31.3 Å². The van der Waals surface area contributed by atoms with Gasteiger partial charge in [-0.15, -0.1) is 0 Å². The number of guanidine groups is 1. The summed E-state index contributed by atoms with van der Waals surface area (Å²) in [5.41, 5.74) is 7.09. The maximum absolute atomic E-state index is 5.80. The molecule has 0 aliphatic rings. The van der Waals surface area contributed by atoms with Gasteiger partial charge in [-0.1, -0.05) is 32.0 Å². The van der Waals surface area contributed by atoms with Crippen molar-refractivity contribution < 1.29 is 0 Å². The molecule has 0 unspecified atom stereocenters. The molecule has 108 valence electrons. The zero-order chi connectivity index (χ0) is 14.4. The number of nitrogens with one attached hydrogen (secondary N) is 1. The molecule has 0 saturated carbocycles. The van der Waals surface area contributed by atoms with E-state index in [0.717, 1.165) is 26.1 Å². The van der Waals surface area contributed by atoms with E-state index in [1.165, 1.54) is 10.9 Å². The predicted molar refractivity (Wildman–Crippen MR) is 85.9 cm³/mol. The molecule has 0 amide bonds. The van der Waals surface area contributed by atoms with Crippen molar-refractivity contribution in [3.8, 4) is 0 Å². The number of aryl methyl sites for hydroxylation is 1. The van der Waals surface area contributed by atoms with Crippen molar-refractivity contribution in [2.75, 3.05) is 13.1 Å². The van der Waals surface area contributed by atoms with Gasteiger partial charge in [0.1, 0.15) is 0 Å². The van der Waals surface area contributed by atoms with E-state index in [1.54, 1.807) is 0 Å². The molecule has 4 heteroatoms. The summed E-state index contributed by atoms with van der Waals surface area (Å²) < 4.78 is 2.28. The molecular formula is C16H24N4. The van der Waals surface area contributed by atoms with E-state index in [9.17, 15) is 0 Å². The Morgan fingerprint density at radius 3 is 2.90 bits per heavy atom. The van der Waals surface area contributed by atoms with E-state index in [-0.39, 0.29) is 0 Å². The van der Waals surface area contributed by atoms with Crippen molar-refractivity contribution in [1.82, 2.24) is 9.88 Å². The molecule has 2 aromatic rings. The third-order valence-corrected chi connectivity index (χ3v) is 3.19. The highest BCUT2D eigenvalue weighted by atomic mass is 15.1. The Balaban J connectivity index is 1.77. The number of para-hydroxylation sites is 1. The van der Waals surface area contributed by atoms with Gasteiger partial charge in [-0.3, -0.25) is 4.99 Å². The minimum absolute atomic E-state index is 0.543. The molecule has 1 aromatic heterocycles. The smallest absolute Gasteiger partial charge is 0.188 e. The molecule has 0 bridgehead atoms. The topological polar surface area (TPSA) is 55.3 Å². The number of aromatic nitrogens is 1. The lowest BCUT2D eigenvalue weighted by molar-refractivity contribution is 0.638. The van der Waals surface area contributed by atoms with Crippen molar-refractivity contribution in [3.63, 3.8) is 0 Å². The number of nitrogens with zero attached hydrogens (tertiary/aromatic N) is 2. The lowest BCUT2D eigenvalue weighted by Crippen LogP contribution is -2.33. The zero-order valence-corrected chi connectivity index (χ0v) is 12.3. The number of aliphatic imine (C=N–C) groups is 1. The highest BCUT2D eigenvalue weighted by Gasteiger charge is 1.99. The van der Waals surface area contributed by atoms with Crippen LogP contribution in [0.15, 0.2) is 41.5 Å². The third-order valence-electron chi connectivity index (χ3n) is 3.19. The summed E-state index contributed by atoms with van der Waals surface area (Å²) in [5, 5.41) is 4.45.